The summed E-state index contributed by atoms with van der Waals surface area (Å²) in [5.41, 5.74) is 5.97. The molecular formula is C82H104Br4N4O10+2. The summed E-state index contributed by atoms with van der Waals surface area (Å²) in [6, 6.07) is 27.3. The number of carbonyl (C=O) groups excluding carboxylic acids is 6. The molecule has 0 heterocycles. The summed E-state index contributed by atoms with van der Waals surface area (Å²) >= 11 is 14.6. The molecule has 6 aromatic rings. The first kappa shape index (κ1) is 79.7. The number of fused-ring (bicyclic) bond motifs is 4. The van der Waals surface area contributed by atoms with Crippen molar-refractivity contribution in [2.75, 3.05) is 26.3 Å². The van der Waals surface area contributed by atoms with Gasteiger partial charge in [0, 0.05) is 81.4 Å². The highest BCUT2D eigenvalue weighted by atomic mass is 79.9. The molecule has 8 N–H and O–H groups in total. The van der Waals surface area contributed by atoms with Crippen LogP contribution in [0.25, 0.3) is 0 Å². The normalized spacial score (nSPS) is 13.0. The maximum atomic E-state index is 13.7. The van der Waals surface area contributed by atoms with Gasteiger partial charge in [0.25, 0.3) is 0 Å². The predicted molar refractivity (Wildman–Crippen MR) is 412 cm³/mol. The minimum Gasteiger partial charge on any atom is -0.507 e. The summed E-state index contributed by atoms with van der Waals surface area (Å²) in [5, 5.41) is 30.9. The number of nitrogens with one attached hydrogen (secondary N) is 2. The molecule has 2 aliphatic rings. The van der Waals surface area contributed by atoms with Gasteiger partial charge in [-0.15, -0.1) is 0 Å². The van der Waals surface area contributed by atoms with Crippen molar-refractivity contribution in [2.45, 2.75) is 219 Å². The van der Waals surface area contributed by atoms with Gasteiger partial charge in [-0.1, -0.05) is 274 Å². The van der Waals surface area contributed by atoms with Gasteiger partial charge in [-0.2, -0.15) is 0 Å². The quantitative estimate of drug-likeness (QED) is 0.0120. The van der Waals surface area contributed by atoms with E-state index in [4.69, 9.17) is 9.47 Å². The zero-order chi connectivity index (χ0) is 71.2. The zero-order valence-electron chi connectivity index (χ0n) is 58.7. The topological polar surface area (TPSA) is 219 Å². The third kappa shape index (κ3) is 23.5. The van der Waals surface area contributed by atoms with Crippen molar-refractivity contribution in [1.82, 2.24) is 10.6 Å². The number of aromatic hydroxyl groups is 2. The molecule has 0 bridgehead atoms. The molecule has 2 amide bonds. The number of alkyl carbamates (subject to hydrolysis) is 2. The third-order valence-corrected chi connectivity index (χ3v) is 22.8. The highest BCUT2D eigenvalue weighted by Gasteiger charge is 2.38. The molecule has 14 nitrogen and oxygen atoms in total. The monoisotopic (exact) mass is 1620 g/mol. The van der Waals surface area contributed by atoms with Crippen LogP contribution in [0, 0.1) is 11.8 Å². The van der Waals surface area contributed by atoms with Gasteiger partial charge in [-0.25, -0.2) is 9.59 Å². The van der Waals surface area contributed by atoms with Crippen LogP contribution in [0.3, 0.4) is 0 Å². The number of phenols is 2. The SMILES string of the molecule is CCCCCCC(CCCCCCCCCCCNC(=O)OCCc1cc([NH2+]c2ccc(O)c3c2C(=O)c2ccccc2C3=O)c(Br)cc1Br)C(CCCCCC)CCCCCCCCCCCNC(=O)OCCc1cc([NH2+]c2ccc(O)c3c2C(=O)c2ccccc2C3=O)c(Br)cc1Br. The third-order valence-electron chi connectivity index (χ3n) is 19.9. The van der Waals surface area contributed by atoms with Crippen LogP contribution < -0.4 is 21.3 Å². The fourth-order valence-electron chi connectivity index (χ4n) is 14.3. The lowest BCUT2D eigenvalue weighted by atomic mass is 9.78. The van der Waals surface area contributed by atoms with E-state index in [1.807, 2.05) is 34.9 Å². The fourth-order valence-corrected chi connectivity index (χ4v) is 16.9. The van der Waals surface area contributed by atoms with Gasteiger partial charge in [-0.05, 0) is 91.9 Å². The smallest absolute Gasteiger partial charge is 0.407 e. The number of unbranched alkanes of at least 4 members (excludes halogenated alkanes) is 22. The number of quaternary nitrogens is 2. The first-order chi connectivity index (χ1) is 48.6. The number of ether oxygens (including phenoxy) is 2. The Morgan fingerprint density at radius 2 is 0.680 bits per heavy atom. The molecule has 0 aromatic heterocycles. The van der Waals surface area contributed by atoms with Crippen LogP contribution >= 0.6 is 63.7 Å². The number of ketones is 4. The molecule has 0 saturated carbocycles. The van der Waals surface area contributed by atoms with Gasteiger partial charge in [0.05, 0.1) is 44.4 Å². The molecule has 6 aromatic carbocycles. The number of hydrogen-bond acceptors (Lipinski definition) is 10. The van der Waals surface area contributed by atoms with E-state index in [2.05, 4.69) is 88.2 Å². The molecule has 0 spiro atoms. The number of rotatable bonds is 45. The maximum Gasteiger partial charge on any atom is 0.407 e. The second-order valence-corrected chi connectivity index (χ2v) is 30.7. The minimum atomic E-state index is -0.426. The Kier molecular flexibility index (Phi) is 33.9. The van der Waals surface area contributed by atoms with Crippen molar-refractivity contribution in [3.05, 3.63) is 171 Å². The molecule has 0 saturated heterocycles. The average Bonchev–Trinajstić information content (AvgIpc) is 0.751. The van der Waals surface area contributed by atoms with E-state index in [0.717, 1.165) is 77.9 Å². The molecule has 2 unspecified atom stereocenters. The van der Waals surface area contributed by atoms with Crippen molar-refractivity contribution in [1.29, 1.82) is 0 Å². The number of nitrogens with two attached hydrogens (primary N) is 2. The van der Waals surface area contributed by atoms with Crippen LogP contribution in [-0.2, 0) is 22.3 Å². The summed E-state index contributed by atoms with van der Waals surface area (Å²) in [7, 11) is 0. The Morgan fingerprint density at radius 1 is 0.380 bits per heavy atom. The van der Waals surface area contributed by atoms with Crippen LogP contribution in [0.1, 0.15) is 281 Å². The van der Waals surface area contributed by atoms with Gasteiger partial charge in [0.1, 0.15) is 34.2 Å². The van der Waals surface area contributed by atoms with Gasteiger partial charge in [-0.3, -0.25) is 29.8 Å². The van der Waals surface area contributed by atoms with Crippen molar-refractivity contribution < 1.29 is 59.1 Å². The van der Waals surface area contributed by atoms with Crippen molar-refractivity contribution in [3.63, 3.8) is 0 Å². The number of halogens is 4. The molecule has 0 aliphatic heterocycles. The van der Waals surface area contributed by atoms with Crippen LogP contribution in [0.15, 0.2) is 115 Å². The predicted octanol–water partition coefficient (Wildman–Crippen LogP) is 21.0. The number of amides is 2. The van der Waals surface area contributed by atoms with Gasteiger partial charge in [0.15, 0.2) is 11.6 Å². The summed E-state index contributed by atoms with van der Waals surface area (Å²) in [5.74, 6) is -0.126. The van der Waals surface area contributed by atoms with Gasteiger partial charge < -0.3 is 30.3 Å². The lowest BCUT2D eigenvalue weighted by Crippen LogP contribution is -2.72. The van der Waals surface area contributed by atoms with E-state index in [1.165, 1.54) is 179 Å². The molecule has 538 valence electrons. The van der Waals surface area contributed by atoms with E-state index >= 15 is 0 Å². The number of benzene rings is 6. The van der Waals surface area contributed by atoms with Crippen LogP contribution in [-0.4, -0.2) is 71.8 Å². The highest BCUT2D eigenvalue weighted by Crippen LogP contribution is 2.40. The first-order valence-electron chi connectivity index (χ1n) is 37.1. The molecule has 8 rings (SSSR count). The van der Waals surface area contributed by atoms with Crippen LogP contribution in [0.2, 0.25) is 0 Å². The Bertz CT molecular complexity index is 3490. The molecule has 100 heavy (non-hydrogen) atoms. The largest absolute Gasteiger partial charge is 0.507 e. The number of phenolic OH excluding ortho intramolecular Hbond substituents is 2. The van der Waals surface area contributed by atoms with Gasteiger partial charge in [0.2, 0.25) is 11.6 Å². The summed E-state index contributed by atoms with van der Waals surface area (Å²) < 4.78 is 14.4. The van der Waals surface area contributed by atoms with Gasteiger partial charge >= 0.3 is 12.2 Å². The fraction of sp³-hybridized carbons (Fsp3) is 0.488. The van der Waals surface area contributed by atoms with Crippen LogP contribution in [0.5, 0.6) is 11.5 Å². The molecule has 0 radical (unpaired) electrons. The Hall–Kier alpha value is -6.02. The lowest BCUT2D eigenvalue weighted by Gasteiger charge is -2.28. The number of hydrogen-bond donors (Lipinski definition) is 6. The average molecular weight is 1630 g/mol. The molecular weight excluding hydrogens is 1520 g/mol. The van der Waals surface area contributed by atoms with E-state index < -0.39 is 12.2 Å². The Morgan fingerprint density at radius 3 is 1.01 bits per heavy atom. The summed E-state index contributed by atoms with van der Waals surface area (Å²) in [6.07, 6.45) is 38.3. The molecule has 0 fully saturated rings. The van der Waals surface area contributed by atoms with Crippen molar-refractivity contribution in [2.24, 2.45) is 11.8 Å². The molecule has 18 heteroatoms. The summed E-state index contributed by atoms with van der Waals surface area (Å²) in [6.45, 7) is 6.17. The second kappa shape index (κ2) is 42.5. The van der Waals surface area contributed by atoms with Crippen molar-refractivity contribution >= 4 is 122 Å². The zero-order valence-corrected chi connectivity index (χ0v) is 65.0. The standard InChI is InChI=1S/C82H102Br4N4O10/c1-3-5-7-23-33-55(35-25-19-15-11-9-13-17-21-31-47-87-81(97)99-49-45-57-51-69(65(85)53-63(57)83)89-67-41-43-71(91)75-73(67)77(93)59-37-27-29-39-61(59)79(75)95)56(34-24-8-6-4-2)36-26-20-16-12-10-14-18-22-32-48-88-82(98)100-50-46-58-52-70(66(86)54-64(58)84)90-68-42-44-72(92)76-74(68)78(94)60-38-28-30-40-62(60)80(76)96/h27-30,37-44,51-56,89-92H,3-26,31-36,45-50H2,1-2H3,(H,87,97)(H,88,98)/p+2. The maximum absolute atomic E-state index is 13.7. The molecule has 2 aliphatic carbocycles. The lowest BCUT2D eigenvalue weighted by molar-refractivity contribution is -0.480. The summed E-state index contributed by atoms with van der Waals surface area (Å²) in [4.78, 5) is 79.5. The number of carbonyl (C=O) groups is 6. The van der Waals surface area contributed by atoms with E-state index in [0.29, 0.717) is 48.4 Å². The van der Waals surface area contributed by atoms with E-state index in [-0.39, 0.29) is 81.2 Å². The van der Waals surface area contributed by atoms with Crippen LogP contribution in [0.4, 0.5) is 32.3 Å². The van der Waals surface area contributed by atoms with E-state index in [9.17, 15) is 39.0 Å². The van der Waals surface area contributed by atoms with Crippen molar-refractivity contribution in [3.8, 4) is 11.5 Å². The Labute approximate surface area is 626 Å². The Balaban J connectivity index is 0.643. The second-order valence-electron chi connectivity index (χ2n) is 27.3. The highest BCUT2D eigenvalue weighted by molar-refractivity contribution is 9.11. The molecule has 2 atom stereocenters. The van der Waals surface area contributed by atoms with E-state index in [1.54, 1.807) is 60.7 Å². The first-order valence-corrected chi connectivity index (χ1v) is 40.3. The minimum absolute atomic E-state index is 0.0130.